The van der Waals surface area contributed by atoms with E-state index in [-0.39, 0.29) is 0 Å². The Morgan fingerprint density at radius 2 is 1.48 bits per heavy atom. The molecule has 118 valence electrons. The summed E-state index contributed by atoms with van der Waals surface area (Å²) in [5, 5.41) is 6.32. The molecule has 0 saturated carbocycles. The molecule has 25 heavy (non-hydrogen) atoms. The molecule has 0 aliphatic heterocycles. The van der Waals surface area contributed by atoms with Crippen LogP contribution in [0.1, 0.15) is 0 Å². The lowest BCUT2D eigenvalue weighted by molar-refractivity contribution is 1.02. The summed E-state index contributed by atoms with van der Waals surface area (Å²) in [4.78, 5) is 4.63. The standard InChI is InChI=1S/C22H15N3/c1-24-19-8-3-2-6-14(19)17-12-18-16(13-21(17)24)15-7-4-10-23-22(15)25-11-5-9-20(18)25/h2-13H,1H3. The average Bonchev–Trinajstić information content (AvgIpc) is 3.26. The van der Waals surface area contributed by atoms with Crippen molar-refractivity contribution in [2.45, 2.75) is 0 Å². The zero-order valence-corrected chi connectivity index (χ0v) is 13.8. The third-order valence-electron chi connectivity index (χ3n) is 5.38. The van der Waals surface area contributed by atoms with Crippen LogP contribution in [0.15, 0.2) is 73.1 Å². The van der Waals surface area contributed by atoms with Gasteiger partial charge in [-0.3, -0.25) is 0 Å². The van der Waals surface area contributed by atoms with E-state index in [1.54, 1.807) is 0 Å². The van der Waals surface area contributed by atoms with E-state index in [0.717, 1.165) is 5.65 Å². The van der Waals surface area contributed by atoms with E-state index in [4.69, 9.17) is 0 Å². The van der Waals surface area contributed by atoms with E-state index in [1.165, 1.54) is 43.5 Å². The molecule has 0 amide bonds. The van der Waals surface area contributed by atoms with Crippen molar-refractivity contribution in [2.75, 3.05) is 0 Å². The number of para-hydroxylation sites is 1. The number of rotatable bonds is 0. The van der Waals surface area contributed by atoms with Crippen molar-refractivity contribution in [1.82, 2.24) is 14.0 Å². The summed E-state index contributed by atoms with van der Waals surface area (Å²) in [5.74, 6) is 0. The van der Waals surface area contributed by atoms with Gasteiger partial charge in [0.05, 0.1) is 5.52 Å². The molecule has 3 heteroatoms. The number of benzene rings is 2. The van der Waals surface area contributed by atoms with Crippen molar-refractivity contribution < 1.29 is 0 Å². The van der Waals surface area contributed by atoms with E-state index in [2.05, 4.69) is 81.8 Å². The van der Waals surface area contributed by atoms with Gasteiger partial charge in [0.2, 0.25) is 0 Å². The third-order valence-corrected chi connectivity index (χ3v) is 5.38. The number of aromatic nitrogens is 3. The van der Waals surface area contributed by atoms with E-state index in [9.17, 15) is 0 Å². The molecule has 0 aliphatic carbocycles. The summed E-state index contributed by atoms with van der Waals surface area (Å²) in [6.45, 7) is 0. The van der Waals surface area contributed by atoms with E-state index in [0.29, 0.717) is 0 Å². The Bertz CT molecular complexity index is 1450. The molecule has 6 rings (SSSR count). The minimum absolute atomic E-state index is 1.01. The Hall–Kier alpha value is -3.33. The van der Waals surface area contributed by atoms with Gasteiger partial charge in [0.25, 0.3) is 0 Å². The van der Waals surface area contributed by atoms with Gasteiger partial charge in [-0.05, 0) is 47.9 Å². The minimum Gasteiger partial charge on any atom is -0.344 e. The number of fused-ring (bicyclic) bond motifs is 9. The van der Waals surface area contributed by atoms with Crippen LogP contribution in [0.2, 0.25) is 0 Å². The molecule has 0 atom stereocenters. The monoisotopic (exact) mass is 321 g/mol. The Balaban J connectivity index is 1.98. The van der Waals surface area contributed by atoms with Gasteiger partial charge in [0.1, 0.15) is 5.65 Å². The molecule has 0 radical (unpaired) electrons. The molecular weight excluding hydrogens is 306 g/mol. The Morgan fingerprint density at radius 3 is 2.44 bits per heavy atom. The molecule has 2 aromatic carbocycles. The Labute approximate surface area is 143 Å². The molecule has 0 fully saturated rings. The number of hydrogen-bond donors (Lipinski definition) is 0. The van der Waals surface area contributed by atoms with Crippen LogP contribution in [0, 0.1) is 0 Å². The van der Waals surface area contributed by atoms with Crippen LogP contribution >= 0.6 is 0 Å². The van der Waals surface area contributed by atoms with Crippen LogP contribution in [0.4, 0.5) is 0 Å². The molecule has 0 spiro atoms. The maximum Gasteiger partial charge on any atom is 0.144 e. The molecule has 6 aromatic rings. The van der Waals surface area contributed by atoms with E-state index >= 15 is 0 Å². The summed E-state index contributed by atoms with van der Waals surface area (Å²) in [5.41, 5.74) is 4.74. The number of pyridine rings is 2. The first kappa shape index (κ1) is 13.0. The second kappa shape index (κ2) is 4.39. The van der Waals surface area contributed by atoms with Gasteiger partial charge >= 0.3 is 0 Å². The molecule has 0 bridgehead atoms. The third kappa shape index (κ3) is 1.53. The molecule has 0 N–H and O–H groups in total. The van der Waals surface area contributed by atoms with Crippen LogP contribution in [0.5, 0.6) is 0 Å². The fourth-order valence-electron chi connectivity index (χ4n) is 4.22. The number of aryl methyl sites for hydroxylation is 1. The predicted octanol–water partition coefficient (Wildman–Crippen LogP) is 5.29. The normalized spacial score (nSPS) is 12.2. The first-order valence-corrected chi connectivity index (χ1v) is 8.47. The number of hydrogen-bond acceptors (Lipinski definition) is 1. The summed E-state index contributed by atoms with van der Waals surface area (Å²) in [6.07, 6.45) is 3.96. The van der Waals surface area contributed by atoms with Crippen LogP contribution in [-0.4, -0.2) is 14.0 Å². The maximum atomic E-state index is 4.63. The fraction of sp³-hybridized carbons (Fsp3) is 0.0455. The summed E-state index contributed by atoms with van der Waals surface area (Å²) in [6, 6.07) is 21.7. The molecule has 4 aromatic heterocycles. The van der Waals surface area contributed by atoms with Gasteiger partial charge < -0.3 is 8.97 Å². The number of nitrogens with zero attached hydrogens (tertiary/aromatic N) is 3. The largest absolute Gasteiger partial charge is 0.344 e. The van der Waals surface area contributed by atoms with E-state index in [1.807, 2.05) is 12.3 Å². The van der Waals surface area contributed by atoms with Gasteiger partial charge in [-0.15, -0.1) is 0 Å². The van der Waals surface area contributed by atoms with Crippen LogP contribution in [0.3, 0.4) is 0 Å². The zero-order chi connectivity index (χ0) is 16.5. The van der Waals surface area contributed by atoms with Crippen molar-refractivity contribution in [1.29, 1.82) is 0 Å². The first-order chi connectivity index (χ1) is 12.3. The second-order valence-corrected chi connectivity index (χ2v) is 6.63. The highest BCUT2D eigenvalue weighted by atomic mass is 15.0. The maximum absolute atomic E-state index is 4.63. The Kier molecular flexibility index (Phi) is 2.29. The van der Waals surface area contributed by atoms with Gasteiger partial charge in [-0.2, -0.15) is 0 Å². The molecule has 4 heterocycles. The van der Waals surface area contributed by atoms with Gasteiger partial charge in [0, 0.05) is 52.0 Å². The topological polar surface area (TPSA) is 22.2 Å². The second-order valence-electron chi connectivity index (χ2n) is 6.63. The lowest BCUT2D eigenvalue weighted by Gasteiger charge is -2.09. The lowest BCUT2D eigenvalue weighted by atomic mass is 10.0. The average molecular weight is 321 g/mol. The Morgan fingerprint density at radius 1 is 0.680 bits per heavy atom. The predicted molar refractivity (Wildman–Crippen MR) is 104 cm³/mol. The van der Waals surface area contributed by atoms with Crippen molar-refractivity contribution in [3.63, 3.8) is 0 Å². The lowest BCUT2D eigenvalue weighted by Crippen LogP contribution is -1.92. The molecule has 0 saturated heterocycles. The quantitative estimate of drug-likeness (QED) is 0.349. The summed E-state index contributed by atoms with van der Waals surface area (Å²) in [7, 11) is 2.15. The van der Waals surface area contributed by atoms with Gasteiger partial charge in [0.15, 0.2) is 0 Å². The van der Waals surface area contributed by atoms with Crippen molar-refractivity contribution in [2.24, 2.45) is 7.05 Å². The molecule has 3 nitrogen and oxygen atoms in total. The first-order valence-electron chi connectivity index (χ1n) is 8.47. The zero-order valence-electron chi connectivity index (χ0n) is 13.8. The molecular formula is C22H15N3. The molecule has 0 aliphatic rings. The van der Waals surface area contributed by atoms with Gasteiger partial charge in [-0.25, -0.2) is 4.98 Å². The van der Waals surface area contributed by atoms with Crippen molar-refractivity contribution >= 4 is 49.1 Å². The summed E-state index contributed by atoms with van der Waals surface area (Å²) < 4.78 is 4.48. The highest BCUT2D eigenvalue weighted by Gasteiger charge is 2.13. The highest BCUT2D eigenvalue weighted by molar-refractivity contribution is 6.20. The van der Waals surface area contributed by atoms with Crippen molar-refractivity contribution in [3.8, 4) is 0 Å². The van der Waals surface area contributed by atoms with Gasteiger partial charge in [-0.1, -0.05) is 18.2 Å². The van der Waals surface area contributed by atoms with Crippen LogP contribution in [-0.2, 0) is 7.05 Å². The minimum atomic E-state index is 1.01. The van der Waals surface area contributed by atoms with E-state index < -0.39 is 0 Å². The van der Waals surface area contributed by atoms with Crippen molar-refractivity contribution in [3.05, 3.63) is 73.1 Å². The highest BCUT2D eigenvalue weighted by Crippen LogP contribution is 2.36. The van der Waals surface area contributed by atoms with Crippen LogP contribution < -0.4 is 0 Å². The molecule has 0 unspecified atom stereocenters. The fourth-order valence-corrected chi connectivity index (χ4v) is 4.22. The SMILES string of the molecule is Cn1c2ccccc2c2cc3c(cc21)c1cccnc1n1cccc31. The smallest absolute Gasteiger partial charge is 0.144 e. The summed E-state index contributed by atoms with van der Waals surface area (Å²) >= 11 is 0. The van der Waals surface area contributed by atoms with Crippen LogP contribution in [0.25, 0.3) is 49.1 Å².